The zero-order valence-electron chi connectivity index (χ0n) is 7.56. The average molecular weight is 232 g/mol. The maximum atomic E-state index is 11.0. The lowest BCUT2D eigenvalue weighted by atomic mass is 10.1. The third-order valence-electron chi connectivity index (χ3n) is 1.72. The van der Waals surface area contributed by atoms with Gasteiger partial charge in [-0.1, -0.05) is 0 Å². The molecule has 0 unspecified atom stereocenters. The number of nitro groups is 1. The Balaban J connectivity index is 3.41. The highest BCUT2D eigenvalue weighted by Gasteiger charge is 2.23. The lowest BCUT2D eigenvalue weighted by Gasteiger charge is -2.03. The highest BCUT2D eigenvalue weighted by atomic mass is 35.5. The number of rotatable bonds is 2. The van der Waals surface area contributed by atoms with Crippen LogP contribution in [0.5, 0.6) is 5.75 Å². The van der Waals surface area contributed by atoms with Gasteiger partial charge in [-0.15, -0.1) is 0 Å². The van der Waals surface area contributed by atoms with Crippen LogP contribution in [-0.4, -0.2) is 16.0 Å². The standard InChI is InChI=1S/C8H6ClNO5/c1-4-2-5(8(12)15-9)7(11)6(3-4)10(13)14/h2-3,11H,1H3. The Hall–Kier alpha value is -1.82. The largest absolute Gasteiger partial charge is 0.501 e. The molecule has 0 saturated heterocycles. The molecule has 1 aromatic carbocycles. The number of benzene rings is 1. The monoisotopic (exact) mass is 231 g/mol. The van der Waals surface area contributed by atoms with Crippen molar-refractivity contribution in [3.05, 3.63) is 33.4 Å². The van der Waals surface area contributed by atoms with Gasteiger partial charge in [0.15, 0.2) is 0 Å². The van der Waals surface area contributed by atoms with Crippen molar-refractivity contribution < 1.29 is 19.1 Å². The molecule has 15 heavy (non-hydrogen) atoms. The van der Waals surface area contributed by atoms with E-state index in [1.807, 2.05) is 0 Å². The van der Waals surface area contributed by atoms with Crippen molar-refractivity contribution in [1.82, 2.24) is 0 Å². The average Bonchev–Trinajstić information content (AvgIpc) is 2.19. The third-order valence-corrected chi connectivity index (χ3v) is 1.86. The van der Waals surface area contributed by atoms with Gasteiger partial charge in [0, 0.05) is 6.07 Å². The summed E-state index contributed by atoms with van der Waals surface area (Å²) in [7, 11) is 0. The molecular weight excluding hydrogens is 226 g/mol. The van der Waals surface area contributed by atoms with Crippen LogP contribution < -0.4 is 0 Å². The molecule has 1 rings (SSSR count). The van der Waals surface area contributed by atoms with Crippen molar-refractivity contribution in [2.24, 2.45) is 0 Å². The van der Waals surface area contributed by atoms with Crippen LogP contribution in [0.15, 0.2) is 12.1 Å². The number of phenols is 1. The quantitative estimate of drug-likeness (QED) is 0.620. The minimum absolute atomic E-state index is 0.336. The predicted molar refractivity (Wildman–Crippen MR) is 50.8 cm³/mol. The summed E-state index contributed by atoms with van der Waals surface area (Å²) in [5.41, 5.74) is -0.458. The van der Waals surface area contributed by atoms with Gasteiger partial charge in [-0.25, -0.2) is 4.79 Å². The van der Waals surface area contributed by atoms with Crippen molar-refractivity contribution in [2.45, 2.75) is 6.92 Å². The number of hydrogen-bond donors (Lipinski definition) is 1. The molecule has 1 aromatic rings. The first-order valence-electron chi connectivity index (χ1n) is 3.78. The number of carbonyl (C=O) groups is 1. The van der Waals surface area contributed by atoms with Gasteiger partial charge in [0.1, 0.15) is 17.4 Å². The summed E-state index contributed by atoms with van der Waals surface area (Å²) in [5.74, 6) is -1.79. The number of nitro benzene ring substituents is 1. The SMILES string of the molecule is Cc1cc(C(=O)OCl)c(O)c([N+](=O)[O-])c1. The van der Waals surface area contributed by atoms with Gasteiger partial charge in [0.05, 0.1) is 4.92 Å². The summed E-state index contributed by atoms with van der Waals surface area (Å²) in [6.45, 7) is 1.54. The fourth-order valence-corrected chi connectivity index (χ4v) is 1.18. The fourth-order valence-electron chi connectivity index (χ4n) is 1.10. The van der Waals surface area contributed by atoms with Gasteiger partial charge in [-0.2, -0.15) is 0 Å². The second-order valence-corrected chi connectivity index (χ2v) is 2.96. The molecule has 0 fully saturated rings. The van der Waals surface area contributed by atoms with Crippen molar-refractivity contribution in [3.63, 3.8) is 0 Å². The van der Waals surface area contributed by atoms with Gasteiger partial charge in [0.25, 0.3) is 0 Å². The van der Waals surface area contributed by atoms with Gasteiger partial charge in [0.2, 0.25) is 5.75 Å². The molecule has 0 bridgehead atoms. The second-order valence-electron chi connectivity index (χ2n) is 2.80. The van der Waals surface area contributed by atoms with E-state index in [9.17, 15) is 20.0 Å². The topological polar surface area (TPSA) is 89.7 Å². The second kappa shape index (κ2) is 4.14. The maximum Gasteiger partial charge on any atom is 0.360 e. The molecule has 0 aromatic heterocycles. The molecule has 0 radical (unpaired) electrons. The summed E-state index contributed by atoms with van der Waals surface area (Å²) in [4.78, 5) is 20.7. The Morgan fingerprint density at radius 3 is 2.67 bits per heavy atom. The summed E-state index contributed by atoms with van der Waals surface area (Å²) in [5, 5.41) is 19.9. The first kappa shape index (κ1) is 11.3. The Bertz CT molecular complexity index is 431. The molecule has 0 spiro atoms. The zero-order valence-corrected chi connectivity index (χ0v) is 8.32. The summed E-state index contributed by atoms with van der Waals surface area (Å²) >= 11 is 4.81. The molecule has 0 aliphatic rings. The Morgan fingerprint density at radius 2 is 2.20 bits per heavy atom. The number of carbonyl (C=O) groups excluding carboxylic acids is 1. The van der Waals surface area contributed by atoms with E-state index in [-0.39, 0.29) is 5.56 Å². The molecule has 6 nitrogen and oxygen atoms in total. The Kier molecular flexibility index (Phi) is 3.11. The molecule has 0 amide bonds. The van der Waals surface area contributed by atoms with Crippen LogP contribution in [0, 0.1) is 17.0 Å². The molecule has 80 valence electrons. The van der Waals surface area contributed by atoms with Crippen LogP contribution in [0.4, 0.5) is 5.69 Å². The Labute approximate surface area is 89.4 Å². The van der Waals surface area contributed by atoms with Crippen LogP contribution in [0.25, 0.3) is 0 Å². The molecule has 1 N–H and O–H groups in total. The van der Waals surface area contributed by atoms with Crippen LogP contribution in [-0.2, 0) is 4.29 Å². The summed E-state index contributed by atoms with van der Waals surface area (Å²) in [6.07, 6.45) is 0. The van der Waals surface area contributed by atoms with Crippen molar-refractivity contribution in [2.75, 3.05) is 0 Å². The van der Waals surface area contributed by atoms with Crippen molar-refractivity contribution in [3.8, 4) is 5.75 Å². The molecule has 7 heteroatoms. The molecule has 0 aliphatic carbocycles. The molecule has 0 heterocycles. The normalized spacial score (nSPS) is 9.73. The van der Waals surface area contributed by atoms with E-state index in [1.54, 1.807) is 0 Å². The van der Waals surface area contributed by atoms with Crippen molar-refractivity contribution in [1.29, 1.82) is 0 Å². The first-order chi connectivity index (χ1) is 6.97. The van der Waals surface area contributed by atoms with Crippen molar-refractivity contribution >= 4 is 23.5 Å². The van der Waals surface area contributed by atoms with Gasteiger partial charge in [-0.05, 0) is 18.6 Å². The highest BCUT2D eigenvalue weighted by Crippen LogP contribution is 2.31. The number of nitrogens with zero attached hydrogens (tertiary/aromatic N) is 1. The van der Waals surface area contributed by atoms with E-state index in [0.29, 0.717) is 5.56 Å². The minimum Gasteiger partial charge on any atom is -0.501 e. The van der Waals surface area contributed by atoms with Crippen LogP contribution in [0.3, 0.4) is 0 Å². The summed E-state index contributed by atoms with van der Waals surface area (Å²) < 4.78 is 3.86. The van der Waals surface area contributed by atoms with E-state index in [4.69, 9.17) is 11.9 Å². The maximum absolute atomic E-state index is 11.0. The molecule has 0 saturated carbocycles. The first-order valence-corrected chi connectivity index (χ1v) is 4.09. The highest BCUT2D eigenvalue weighted by molar-refractivity contribution is 6.16. The predicted octanol–water partition coefficient (Wildman–Crippen LogP) is 1.92. The van der Waals surface area contributed by atoms with Gasteiger partial charge in [-0.3, -0.25) is 10.1 Å². The van der Waals surface area contributed by atoms with Gasteiger partial charge < -0.3 is 9.40 Å². The fraction of sp³-hybridized carbons (Fsp3) is 0.125. The van der Waals surface area contributed by atoms with Crippen LogP contribution >= 0.6 is 11.9 Å². The Morgan fingerprint density at radius 1 is 1.60 bits per heavy atom. The number of aryl methyl sites for hydroxylation is 1. The number of hydrogen-bond acceptors (Lipinski definition) is 5. The van der Waals surface area contributed by atoms with E-state index in [1.165, 1.54) is 13.0 Å². The minimum atomic E-state index is -1.04. The lowest BCUT2D eigenvalue weighted by Crippen LogP contribution is -2.01. The number of halogens is 1. The number of aromatic hydroxyl groups is 1. The van der Waals surface area contributed by atoms with E-state index < -0.39 is 22.3 Å². The molecule has 0 atom stereocenters. The van der Waals surface area contributed by atoms with E-state index >= 15 is 0 Å². The smallest absolute Gasteiger partial charge is 0.360 e. The lowest BCUT2D eigenvalue weighted by molar-refractivity contribution is -0.385. The number of phenolic OH excluding ortho intramolecular Hbond substituents is 1. The van der Waals surface area contributed by atoms with Gasteiger partial charge >= 0.3 is 11.7 Å². The molecular formula is C8H6ClNO5. The zero-order chi connectivity index (χ0) is 11.6. The molecule has 0 aliphatic heterocycles. The van der Waals surface area contributed by atoms with Crippen LogP contribution in [0.1, 0.15) is 15.9 Å². The summed E-state index contributed by atoms with van der Waals surface area (Å²) in [6, 6.07) is 2.38. The third kappa shape index (κ3) is 2.16. The van der Waals surface area contributed by atoms with Crippen LogP contribution in [0.2, 0.25) is 0 Å². The van der Waals surface area contributed by atoms with E-state index in [0.717, 1.165) is 6.07 Å². The van der Waals surface area contributed by atoms with E-state index in [2.05, 4.69) is 4.29 Å².